The van der Waals surface area contributed by atoms with Crippen LogP contribution in [-0.2, 0) is 28.6 Å². The summed E-state index contributed by atoms with van der Waals surface area (Å²) in [5.41, 5.74) is 0. The lowest BCUT2D eigenvalue weighted by Crippen LogP contribution is -2.30. The third-order valence-electron chi connectivity index (χ3n) is 13.0. The van der Waals surface area contributed by atoms with Crippen LogP contribution in [0.4, 0.5) is 0 Å². The smallest absolute Gasteiger partial charge is 0.306 e. The van der Waals surface area contributed by atoms with Crippen molar-refractivity contribution in [2.24, 2.45) is 5.92 Å². The van der Waals surface area contributed by atoms with Gasteiger partial charge in [0.15, 0.2) is 6.10 Å². The van der Waals surface area contributed by atoms with Gasteiger partial charge < -0.3 is 14.2 Å². The van der Waals surface area contributed by atoms with Gasteiger partial charge in [0.2, 0.25) is 0 Å². The largest absolute Gasteiger partial charge is 0.462 e. The van der Waals surface area contributed by atoms with E-state index in [2.05, 4.69) is 27.7 Å². The van der Waals surface area contributed by atoms with Gasteiger partial charge in [-0.3, -0.25) is 14.4 Å². The quantitative estimate of drug-likeness (QED) is 0.0344. The molecule has 374 valence electrons. The van der Waals surface area contributed by atoms with E-state index in [9.17, 15) is 14.4 Å². The molecule has 0 aromatic carbocycles. The number of rotatable bonds is 52. The first-order chi connectivity index (χ1) is 30.9. The molecule has 0 radical (unpaired) electrons. The molecule has 0 rings (SSSR count). The summed E-state index contributed by atoms with van der Waals surface area (Å²) >= 11 is 0. The first-order valence-corrected chi connectivity index (χ1v) is 28.4. The van der Waals surface area contributed by atoms with E-state index in [0.29, 0.717) is 19.3 Å². The van der Waals surface area contributed by atoms with Gasteiger partial charge in [0.05, 0.1) is 0 Å². The van der Waals surface area contributed by atoms with Crippen LogP contribution in [0.1, 0.15) is 323 Å². The molecule has 0 saturated heterocycles. The van der Waals surface area contributed by atoms with Crippen molar-refractivity contribution in [2.75, 3.05) is 13.2 Å². The maximum atomic E-state index is 12.8. The van der Waals surface area contributed by atoms with Gasteiger partial charge in [0.25, 0.3) is 0 Å². The zero-order valence-electron chi connectivity index (χ0n) is 43.0. The topological polar surface area (TPSA) is 78.9 Å². The van der Waals surface area contributed by atoms with Crippen molar-refractivity contribution < 1.29 is 28.6 Å². The molecule has 0 spiro atoms. The first-order valence-electron chi connectivity index (χ1n) is 28.4. The maximum Gasteiger partial charge on any atom is 0.306 e. The molecule has 0 aromatic rings. The Hall–Kier alpha value is -1.59. The molecule has 0 saturated carbocycles. The fraction of sp³-hybridized carbons (Fsp3) is 0.947. The first kappa shape index (κ1) is 61.4. The fourth-order valence-corrected chi connectivity index (χ4v) is 8.75. The molecule has 0 amide bonds. The number of esters is 3. The molecule has 0 aliphatic rings. The van der Waals surface area contributed by atoms with Crippen molar-refractivity contribution in [3.63, 3.8) is 0 Å². The van der Waals surface area contributed by atoms with E-state index in [1.165, 1.54) is 218 Å². The van der Waals surface area contributed by atoms with Crippen LogP contribution < -0.4 is 0 Å². The maximum absolute atomic E-state index is 12.8. The zero-order chi connectivity index (χ0) is 45.9. The average molecular weight is 892 g/mol. The van der Waals surface area contributed by atoms with Gasteiger partial charge in [-0.15, -0.1) is 0 Å². The lowest BCUT2D eigenvalue weighted by atomic mass is 10.0. The summed E-state index contributed by atoms with van der Waals surface area (Å²) in [5, 5.41) is 0. The molecule has 0 heterocycles. The number of carbonyl (C=O) groups excluding carboxylic acids is 3. The average Bonchev–Trinajstić information content (AvgIpc) is 3.27. The molecular weight excluding hydrogens is 781 g/mol. The van der Waals surface area contributed by atoms with E-state index in [-0.39, 0.29) is 31.1 Å². The molecule has 0 fully saturated rings. The van der Waals surface area contributed by atoms with Crippen molar-refractivity contribution in [1.29, 1.82) is 0 Å². The highest BCUT2D eigenvalue weighted by molar-refractivity contribution is 5.71. The van der Waals surface area contributed by atoms with Crippen molar-refractivity contribution in [1.82, 2.24) is 0 Å². The van der Waals surface area contributed by atoms with Crippen LogP contribution in [0.3, 0.4) is 0 Å². The molecule has 0 N–H and O–H groups in total. The van der Waals surface area contributed by atoms with Crippen LogP contribution in [0.25, 0.3) is 0 Å². The molecule has 0 aromatic heterocycles. The second-order valence-corrected chi connectivity index (χ2v) is 20.1. The van der Waals surface area contributed by atoms with E-state index < -0.39 is 6.10 Å². The lowest BCUT2D eigenvalue weighted by molar-refractivity contribution is -0.167. The molecule has 6 heteroatoms. The predicted molar refractivity (Wildman–Crippen MR) is 270 cm³/mol. The van der Waals surface area contributed by atoms with Crippen LogP contribution >= 0.6 is 0 Å². The summed E-state index contributed by atoms with van der Waals surface area (Å²) < 4.78 is 16.9. The second-order valence-electron chi connectivity index (χ2n) is 20.1. The Kier molecular flexibility index (Phi) is 50.1. The van der Waals surface area contributed by atoms with E-state index in [4.69, 9.17) is 14.2 Å². The fourth-order valence-electron chi connectivity index (χ4n) is 8.75. The Bertz CT molecular complexity index is 949. The van der Waals surface area contributed by atoms with Gasteiger partial charge in [-0.05, 0) is 25.2 Å². The highest BCUT2D eigenvalue weighted by Gasteiger charge is 2.19. The third-order valence-corrected chi connectivity index (χ3v) is 13.0. The number of hydrogen-bond donors (Lipinski definition) is 0. The number of unbranched alkanes of at least 4 members (excludes halogenated alkanes) is 39. The zero-order valence-corrected chi connectivity index (χ0v) is 43.0. The molecular formula is C57H110O6. The van der Waals surface area contributed by atoms with E-state index in [1.807, 2.05) is 0 Å². The standard InChI is InChI=1S/C57H110O6/c1-5-7-9-11-13-15-17-18-19-20-21-22-26-29-33-37-41-45-49-56(59)62-52-54(51-61-55(58)48-44-40-36-32-16-14-12-10-8-6-2)63-57(60)50-46-42-38-34-30-27-24-23-25-28-31-35-39-43-47-53(3)4/h53-54H,5-52H2,1-4H3/t54-/m0/s1. The van der Waals surface area contributed by atoms with E-state index in [1.54, 1.807) is 0 Å². The highest BCUT2D eigenvalue weighted by Crippen LogP contribution is 2.18. The highest BCUT2D eigenvalue weighted by atomic mass is 16.6. The Labute approximate surface area is 393 Å². The van der Waals surface area contributed by atoms with E-state index in [0.717, 1.165) is 63.7 Å². The summed E-state index contributed by atoms with van der Waals surface area (Å²) in [6.45, 7) is 9.05. The van der Waals surface area contributed by atoms with Gasteiger partial charge in [0, 0.05) is 19.3 Å². The lowest BCUT2D eigenvalue weighted by Gasteiger charge is -2.18. The van der Waals surface area contributed by atoms with Gasteiger partial charge in [-0.2, -0.15) is 0 Å². The van der Waals surface area contributed by atoms with Crippen LogP contribution in [0.15, 0.2) is 0 Å². The SMILES string of the molecule is CCCCCCCCCCCCCCCCCCCCC(=O)OC[C@H](COC(=O)CCCCCCCCCCCC)OC(=O)CCCCCCCCCCCCCCCCC(C)C. The van der Waals surface area contributed by atoms with Crippen LogP contribution in [0.2, 0.25) is 0 Å². The summed E-state index contributed by atoms with van der Waals surface area (Å²) in [6, 6.07) is 0. The minimum absolute atomic E-state index is 0.0620. The van der Waals surface area contributed by atoms with Crippen LogP contribution in [-0.4, -0.2) is 37.2 Å². The molecule has 0 unspecified atom stereocenters. The summed E-state index contributed by atoms with van der Waals surface area (Å²) in [6.07, 6.45) is 55.2. The van der Waals surface area contributed by atoms with Crippen molar-refractivity contribution in [3.05, 3.63) is 0 Å². The molecule has 6 nitrogen and oxygen atoms in total. The number of ether oxygens (including phenoxy) is 3. The Morgan fingerprint density at radius 3 is 0.778 bits per heavy atom. The van der Waals surface area contributed by atoms with Crippen molar-refractivity contribution in [2.45, 2.75) is 329 Å². The summed E-state index contributed by atoms with van der Waals surface area (Å²) in [5.74, 6) is 0.00457. The Morgan fingerprint density at radius 1 is 0.302 bits per heavy atom. The van der Waals surface area contributed by atoms with Gasteiger partial charge in [-0.1, -0.05) is 285 Å². The van der Waals surface area contributed by atoms with Crippen LogP contribution in [0, 0.1) is 5.92 Å². The minimum atomic E-state index is -0.761. The number of hydrogen-bond acceptors (Lipinski definition) is 6. The normalized spacial score (nSPS) is 12.0. The van der Waals surface area contributed by atoms with Gasteiger partial charge in [0.1, 0.15) is 13.2 Å². The summed E-state index contributed by atoms with van der Waals surface area (Å²) in [7, 11) is 0. The Balaban J connectivity index is 4.24. The third kappa shape index (κ3) is 51.3. The second kappa shape index (κ2) is 51.4. The molecule has 0 bridgehead atoms. The van der Waals surface area contributed by atoms with E-state index >= 15 is 0 Å². The Morgan fingerprint density at radius 2 is 0.524 bits per heavy atom. The molecule has 0 aliphatic carbocycles. The van der Waals surface area contributed by atoms with Crippen LogP contribution in [0.5, 0.6) is 0 Å². The van der Waals surface area contributed by atoms with Gasteiger partial charge in [-0.25, -0.2) is 0 Å². The van der Waals surface area contributed by atoms with Gasteiger partial charge >= 0.3 is 17.9 Å². The number of carbonyl (C=O) groups is 3. The molecule has 63 heavy (non-hydrogen) atoms. The van der Waals surface area contributed by atoms with Crippen molar-refractivity contribution >= 4 is 17.9 Å². The predicted octanol–water partition coefficient (Wildman–Crippen LogP) is 18.6. The van der Waals surface area contributed by atoms with Crippen molar-refractivity contribution in [3.8, 4) is 0 Å². The summed E-state index contributed by atoms with van der Waals surface area (Å²) in [4.78, 5) is 38.0. The molecule has 0 aliphatic heterocycles. The monoisotopic (exact) mass is 891 g/mol. The molecule has 1 atom stereocenters. The minimum Gasteiger partial charge on any atom is -0.462 e.